The highest BCUT2D eigenvalue weighted by molar-refractivity contribution is 4.57. The minimum absolute atomic E-state index is 0.842. The molecule has 2 heteroatoms. The molecule has 0 aliphatic rings. The second-order valence-electron chi connectivity index (χ2n) is 4.09. The summed E-state index contributed by atoms with van der Waals surface area (Å²) in [5, 5.41) is 3.17. The smallest absolute Gasteiger partial charge is 0.000387 e. The van der Waals surface area contributed by atoms with Gasteiger partial charge in [0.1, 0.15) is 0 Å². The molecule has 0 aliphatic carbocycles. The van der Waals surface area contributed by atoms with E-state index in [9.17, 15) is 0 Å². The summed E-state index contributed by atoms with van der Waals surface area (Å²) in [5.74, 6) is 0.842. The number of hydrogen-bond acceptors (Lipinski definition) is 2. The van der Waals surface area contributed by atoms with Gasteiger partial charge in [-0.1, -0.05) is 20.3 Å². The lowest BCUT2D eigenvalue weighted by Gasteiger charge is -2.20. The standard InChI is InChI=1S/C11H26N2/c1-5-11(2)10-13(4)9-7-6-8-12-3/h11-12H,5-10H2,1-4H3. The molecule has 0 aromatic rings. The first-order chi connectivity index (χ1) is 6.20. The van der Waals surface area contributed by atoms with E-state index < -0.39 is 0 Å². The average Bonchev–Trinajstić information content (AvgIpc) is 2.12. The molecule has 0 aromatic heterocycles. The molecule has 0 saturated carbocycles. The van der Waals surface area contributed by atoms with Gasteiger partial charge in [0.25, 0.3) is 0 Å². The Morgan fingerprint density at radius 2 is 2.00 bits per heavy atom. The third-order valence-corrected chi connectivity index (χ3v) is 2.54. The SMILES string of the molecule is CCC(C)CN(C)CCCCNC. The van der Waals surface area contributed by atoms with Crippen molar-refractivity contribution in [2.45, 2.75) is 33.1 Å². The number of unbranched alkanes of at least 4 members (excludes halogenated alkanes) is 1. The van der Waals surface area contributed by atoms with Gasteiger partial charge in [-0.25, -0.2) is 0 Å². The summed E-state index contributed by atoms with van der Waals surface area (Å²) in [6, 6.07) is 0. The summed E-state index contributed by atoms with van der Waals surface area (Å²) in [6.45, 7) is 8.23. The first-order valence-corrected chi connectivity index (χ1v) is 5.53. The van der Waals surface area contributed by atoms with Crippen LogP contribution in [0.15, 0.2) is 0 Å². The summed E-state index contributed by atoms with van der Waals surface area (Å²) in [6.07, 6.45) is 3.90. The van der Waals surface area contributed by atoms with Crippen LogP contribution in [0.2, 0.25) is 0 Å². The van der Waals surface area contributed by atoms with Gasteiger partial charge in [-0.15, -0.1) is 0 Å². The van der Waals surface area contributed by atoms with Crippen molar-refractivity contribution in [3.05, 3.63) is 0 Å². The normalized spacial score (nSPS) is 13.6. The van der Waals surface area contributed by atoms with E-state index in [4.69, 9.17) is 0 Å². The fourth-order valence-electron chi connectivity index (χ4n) is 1.44. The third kappa shape index (κ3) is 8.26. The number of nitrogens with zero attached hydrogens (tertiary/aromatic N) is 1. The summed E-state index contributed by atoms with van der Waals surface area (Å²) in [5.41, 5.74) is 0. The molecule has 0 heterocycles. The maximum absolute atomic E-state index is 3.17. The Morgan fingerprint density at radius 3 is 2.54 bits per heavy atom. The van der Waals surface area contributed by atoms with Crippen LogP contribution in [0, 0.1) is 5.92 Å². The zero-order chi connectivity index (χ0) is 10.1. The molecule has 1 atom stereocenters. The van der Waals surface area contributed by atoms with E-state index in [1.807, 2.05) is 7.05 Å². The van der Waals surface area contributed by atoms with Gasteiger partial charge in [0, 0.05) is 6.54 Å². The Kier molecular flexibility index (Phi) is 8.46. The van der Waals surface area contributed by atoms with Crippen molar-refractivity contribution < 1.29 is 0 Å². The van der Waals surface area contributed by atoms with Gasteiger partial charge in [0.05, 0.1) is 0 Å². The van der Waals surface area contributed by atoms with Gasteiger partial charge in [-0.3, -0.25) is 0 Å². The highest BCUT2D eigenvalue weighted by Crippen LogP contribution is 2.03. The Bertz CT molecular complexity index is 104. The maximum Gasteiger partial charge on any atom is 0.000387 e. The largest absolute Gasteiger partial charge is 0.320 e. The molecule has 2 nitrogen and oxygen atoms in total. The van der Waals surface area contributed by atoms with Crippen LogP contribution in [0.5, 0.6) is 0 Å². The summed E-state index contributed by atoms with van der Waals surface area (Å²) in [7, 11) is 4.24. The van der Waals surface area contributed by atoms with Crippen LogP contribution in [0.25, 0.3) is 0 Å². The van der Waals surface area contributed by atoms with Crippen LogP contribution >= 0.6 is 0 Å². The molecule has 0 aromatic carbocycles. The van der Waals surface area contributed by atoms with Crippen molar-refractivity contribution in [2.24, 2.45) is 5.92 Å². The fourth-order valence-corrected chi connectivity index (χ4v) is 1.44. The van der Waals surface area contributed by atoms with Crippen molar-refractivity contribution in [3.63, 3.8) is 0 Å². The molecule has 0 bridgehead atoms. The van der Waals surface area contributed by atoms with Crippen LogP contribution in [-0.2, 0) is 0 Å². The van der Waals surface area contributed by atoms with Crippen LogP contribution in [0.1, 0.15) is 33.1 Å². The van der Waals surface area contributed by atoms with Crippen molar-refractivity contribution in [3.8, 4) is 0 Å². The molecule has 1 N–H and O–H groups in total. The molecular weight excluding hydrogens is 160 g/mol. The lowest BCUT2D eigenvalue weighted by atomic mass is 10.1. The quantitative estimate of drug-likeness (QED) is 0.583. The van der Waals surface area contributed by atoms with Gasteiger partial charge >= 0.3 is 0 Å². The van der Waals surface area contributed by atoms with E-state index in [-0.39, 0.29) is 0 Å². The molecule has 0 saturated heterocycles. The maximum atomic E-state index is 3.17. The van der Waals surface area contributed by atoms with E-state index in [2.05, 4.69) is 31.1 Å². The van der Waals surface area contributed by atoms with E-state index in [1.165, 1.54) is 32.4 Å². The molecular formula is C11H26N2. The van der Waals surface area contributed by atoms with Gasteiger partial charge < -0.3 is 10.2 Å². The monoisotopic (exact) mass is 186 g/mol. The van der Waals surface area contributed by atoms with Crippen LogP contribution in [0.3, 0.4) is 0 Å². The zero-order valence-electron chi connectivity index (χ0n) is 9.77. The highest BCUT2D eigenvalue weighted by Gasteiger charge is 2.03. The third-order valence-electron chi connectivity index (χ3n) is 2.54. The van der Waals surface area contributed by atoms with Gasteiger partial charge in [-0.2, -0.15) is 0 Å². The molecule has 80 valence electrons. The predicted molar refractivity (Wildman–Crippen MR) is 60.1 cm³/mol. The van der Waals surface area contributed by atoms with Crippen molar-refractivity contribution in [1.82, 2.24) is 10.2 Å². The van der Waals surface area contributed by atoms with Crippen molar-refractivity contribution in [1.29, 1.82) is 0 Å². The van der Waals surface area contributed by atoms with E-state index in [1.54, 1.807) is 0 Å². The van der Waals surface area contributed by atoms with Gasteiger partial charge in [-0.05, 0) is 45.9 Å². The predicted octanol–water partition coefficient (Wildman–Crippen LogP) is 1.96. The molecule has 1 unspecified atom stereocenters. The molecule has 0 radical (unpaired) electrons. The Balaban J connectivity index is 3.24. The molecule has 0 rings (SSSR count). The van der Waals surface area contributed by atoms with E-state index in [0.29, 0.717) is 0 Å². The van der Waals surface area contributed by atoms with Crippen LogP contribution < -0.4 is 5.32 Å². The van der Waals surface area contributed by atoms with E-state index in [0.717, 1.165) is 12.5 Å². The lowest BCUT2D eigenvalue weighted by Crippen LogP contribution is -2.25. The Labute approximate surface area is 83.7 Å². The van der Waals surface area contributed by atoms with E-state index >= 15 is 0 Å². The number of hydrogen-bond donors (Lipinski definition) is 1. The summed E-state index contributed by atoms with van der Waals surface area (Å²) < 4.78 is 0. The minimum Gasteiger partial charge on any atom is -0.320 e. The van der Waals surface area contributed by atoms with Gasteiger partial charge in [0.15, 0.2) is 0 Å². The topological polar surface area (TPSA) is 15.3 Å². The lowest BCUT2D eigenvalue weighted by molar-refractivity contribution is 0.277. The molecule has 13 heavy (non-hydrogen) atoms. The fraction of sp³-hybridized carbons (Fsp3) is 1.00. The first kappa shape index (κ1) is 12.9. The number of rotatable bonds is 8. The molecule has 0 fully saturated rings. The highest BCUT2D eigenvalue weighted by atomic mass is 15.1. The molecule has 0 spiro atoms. The Hall–Kier alpha value is -0.0800. The second-order valence-corrected chi connectivity index (χ2v) is 4.09. The Morgan fingerprint density at radius 1 is 1.31 bits per heavy atom. The second kappa shape index (κ2) is 8.52. The average molecular weight is 186 g/mol. The first-order valence-electron chi connectivity index (χ1n) is 5.53. The summed E-state index contributed by atoms with van der Waals surface area (Å²) >= 11 is 0. The van der Waals surface area contributed by atoms with Gasteiger partial charge in [0.2, 0.25) is 0 Å². The molecule has 0 amide bonds. The van der Waals surface area contributed by atoms with Crippen molar-refractivity contribution in [2.75, 3.05) is 33.7 Å². The zero-order valence-corrected chi connectivity index (χ0v) is 9.77. The minimum atomic E-state index is 0.842. The number of nitrogens with one attached hydrogen (secondary N) is 1. The van der Waals surface area contributed by atoms with Crippen LogP contribution in [-0.4, -0.2) is 38.6 Å². The van der Waals surface area contributed by atoms with Crippen molar-refractivity contribution >= 4 is 0 Å². The summed E-state index contributed by atoms with van der Waals surface area (Å²) in [4.78, 5) is 2.45. The van der Waals surface area contributed by atoms with Crippen LogP contribution in [0.4, 0.5) is 0 Å². The molecule has 0 aliphatic heterocycles.